The molecule has 0 radical (unpaired) electrons. The van der Waals surface area contributed by atoms with Crippen molar-refractivity contribution in [1.29, 1.82) is 0 Å². The minimum atomic E-state index is -5.54. The van der Waals surface area contributed by atoms with Crippen LogP contribution < -0.4 is 5.32 Å². The fourth-order valence-corrected chi connectivity index (χ4v) is 2.44. The van der Waals surface area contributed by atoms with E-state index in [0.29, 0.717) is 12.0 Å². The van der Waals surface area contributed by atoms with Crippen molar-refractivity contribution in [3.05, 3.63) is 46.7 Å². The molecule has 1 atom stereocenters. The number of aliphatic hydroxyl groups is 1. The lowest BCUT2D eigenvalue weighted by molar-refractivity contribution is -0.168. The largest absolute Gasteiger partial charge is 0.504 e. The molecule has 3 nitrogen and oxygen atoms in total. The number of fused-ring (bicyclic) bond motifs is 1. The molecule has 9 heteroatoms. The number of ketones is 1. The summed E-state index contributed by atoms with van der Waals surface area (Å²) in [5, 5.41) is 11.7. The second kappa shape index (κ2) is 5.88. The Morgan fingerprint density at radius 3 is 2.26 bits per heavy atom. The predicted molar refractivity (Wildman–Crippen MR) is 67.7 cm³/mol. The second-order valence-corrected chi connectivity index (χ2v) is 4.92. The minimum Gasteiger partial charge on any atom is -0.504 e. The number of Topliss-reactive ketones (excluding diaryl/α,β-unsaturated/α-hetero) is 1. The Labute approximate surface area is 126 Å². The number of hydrogen-bond donors (Lipinski definition) is 2. The van der Waals surface area contributed by atoms with Crippen LogP contribution in [0.4, 0.5) is 26.3 Å². The van der Waals surface area contributed by atoms with Crippen LogP contribution >= 0.6 is 0 Å². The number of hydrogen-bond acceptors (Lipinski definition) is 3. The van der Waals surface area contributed by atoms with Gasteiger partial charge in [-0.25, -0.2) is 0 Å². The van der Waals surface area contributed by atoms with Crippen molar-refractivity contribution in [1.82, 2.24) is 5.32 Å². The van der Waals surface area contributed by atoms with Gasteiger partial charge in [0, 0.05) is 6.54 Å². The molecule has 0 amide bonds. The minimum absolute atomic E-state index is 0.0709. The van der Waals surface area contributed by atoms with E-state index in [2.05, 4.69) is 5.32 Å². The van der Waals surface area contributed by atoms with E-state index in [-0.39, 0.29) is 12.1 Å². The van der Waals surface area contributed by atoms with Crippen LogP contribution in [0.2, 0.25) is 0 Å². The highest BCUT2D eigenvalue weighted by molar-refractivity contribution is 6.01. The fraction of sp³-hybridized carbons (Fsp3) is 0.357. The zero-order chi connectivity index (χ0) is 17.4. The Morgan fingerprint density at radius 1 is 1.09 bits per heavy atom. The van der Waals surface area contributed by atoms with Gasteiger partial charge in [0.2, 0.25) is 5.76 Å². The van der Waals surface area contributed by atoms with Gasteiger partial charge in [0.05, 0.1) is 11.6 Å². The van der Waals surface area contributed by atoms with E-state index in [9.17, 15) is 36.2 Å². The Balaban J connectivity index is 2.64. The standard InChI is InChI=1S/C14H11F6NO2/c15-13(16,17)11(22)9(12(23)14(18,19)20)10-8-4-2-1-3-7(8)5-6-21-10/h1-4,10,21-22H,5-6H2/b11-9-/t10-/m1/s1. The van der Waals surface area contributed by atoms with Crippen LogP contribution in [0, 0.1) is 0 Å². The molecule has 0 aromatic heterocycles. The van der Waals surface area contributed by atoms with Gasteiger partial charge in [-0.1, -0.05) is 24.3 Å². The third-order valence-electron chi connectivity index (χ3n) is 3.42. The maximum Gasteiger partial charge on any atom is 0.454 e. The summed E-state index contributed by atoms with van der Waals surface area (Å²) in [6, 6.07) is 4.19. The molecule has 126 valence electrons. The lowest BCUT2D eigenvalue weighted by atomic mass is 9.87. The van der Waals surface area contributed by atoms with Gasteiger partial charge in [0.1, 0.15) is 0 Å². The number of allylic oxidation sites excluding steroid dienone is 1. The Kier molecular flexibility index (Phi) is 4.43. The van der Waals surface area contributed by atoms with Gasteiger partial charge >= 0.3 is 12.4 Å². The van der Waals surface area contributed by atoms with Crippen molar-refractivity contribution in [3.8, 4) is 0 Å². The maximum atomic E-state index is 12.7. The third kappa shape index (κ3) is 3.49. The Bertz CT molecular complexity index is 647. The molecular formula is C14H11F6NO2. The maximum absolute atomic E-state index is 12.7. The molecule has 0 saturated carbocycles. The molecule has 1 aromatic rings. The molecule has 2 rings (SSSR count). The highest BCUT2D eigenvalue weighted by Gasteiger charge is 2.50. The van der Waals surface area contributed by atoms with E-state index in [4.69, 9.17) is 0 Å². The van der Waals surface area contributed by atoms with Gasteiger partial charge < -0.3 is 10.4 Å². The average Bonchev–Trinajstić information content (AvgIpc) is 2.45. The van der Waals surface area contributed by atoms with E-state index < -0.39 is 35.5 Å². The van der Waals surface area contributed by atoms with Crippen LogP contribution in [-0.4, -0.2) is 29.8 Å². The van der Waals surface area contributed by atoms with E-state index in [1.54, 1.807) is 12.1 Å². The van der Waals surface area contributed by atoms with Crippen LogP contribution in [-0.2, 0) is 11.2 Å². The predicted octanol–water partition coefficient (Wildman–Crippen LogP) is 3.38. The molecule has 1 heterocycles. The van der Waals surface area contributed by atoms with Crippen molar-refractivity contribution in [2.75, 3.05) is 6.54 Å². The van der Waals surface area contributed by atoms with Crippen LogP contribution in [0.3, 0.4) is 0 Å². The molecule has 0 unspecified atom stereocenters. The number of benzene rings is 1. The zero-order valence-corrected chi connectivity index (χ0v) is 11.4. The lowest BCUT2D eigenvalue weighted by Gasteiger charge is -2.29. The second-order valence-electron chi connectivity index (χ2n) is 4.92. The van der Waals surface area contributed by atoms with Gasteiger partial charge in [-0.15, -0.1) is 0 Å². The van der Waals surface area contributed by atoms with Crippen molar-refractivity contribution < 1.29 is 36.2 Å². The van der Waals surface area contributed by atoms with Crippen molar-refractivity contribution >= 4 is 5.78 Å². The van der Waals surface area contributed by atoms with Gasteiger partial charge in [-0.05, 0) is 17.5 Å². The van der Waals surface area contributed by atoms with Gasteiger partial charge in [0.15, 0.2) is 0 Å². The quantitative estimate of drug-likeness (QED) is 0.493. The zero-order valence-electron chi connectivity index (χ0n) is 11.4. The summed E-state index contributed by atoms with van der Waals surface area (Å²) in [6.45, 7) is 0.0709. The molecule has 0 fully saturated rings. The summed E-state index contributed by atoms with van der Waals surface area (Å²) in [7, 11) is 0. The summed E-state index contributed by atoms with van der Waals surface area (Å²) in [6.07, 6.45) is -10.6. The number of alkyl halides is 6. The SMILES string of the molecule is O=C(/C(=C(\O)C(F)(F)F)[C@@H]1NCCc2ccccc21)C(F)(F)F. The summed E-state index contributed by atoms with van der Waals surface area (Å²) < 4.78 is 76.2. The molecule has 2 N–H and O–H groups in total. The number of halogens is 6. The third-order valence-corrected chi connectivity index (χ3v) is 3.42. The van der Waals surface area contributed by atoms with E-state index in [1.165, 1.54) is 12.1 Å². The normalized spacial score (nSPS) is 19.8. The first-order chi connectivity index (χ1) is 10.5. The first-order valence-electron chi connectivity index (χ1n) is 6.46. The topological polar surface area (TPSA) is 49.3 Å². The van der Waals surface area contributed by atoms with E-state index >= 15 is 0 Å². The molecule has 1 aliphatic rings. The smallest absolute Gasteiger partial charge is 0.454 e. The fourth-order valence-electron chi connectivity index (χ4n) is 2.44. The number of carbonyl (C=O) groups excluding carboxylic acids is 1. The van der Waals surface area contributed by atoms with E-state index in [0.717, 1.165) is 0 Å². The Morgan fingerprint density at radius 2 is 1.70 bits per heavy atom. The van der Waals surface area contributed by atoms with Crippen LogP contribution in [0.5, 0.6) is 0 Å². The number of rotatable bonds is 2. The highest BCUT2D eigenvalue weighted by Crippen LogP contribution is 2.38. The number of nitrogens with one attached hydrogen (secondary N) is 1. The van der Waals surface area contributed by atoms with Gasteiger partial charge in [-0.3, -0.25) is 4.79 Å². The number of carbonyl (C=O) groups is 1. The molecule has 0 aliphatic carbocycles. The molecule has 0 saturated heterocycles. The van der Waals surface area contributed by atoms with Crippen LogP contribution in [0.25, 0.3) is 0 Å². The van der Waals surface area contributed by atoms with Crippen LogP contribution in [0.1, 0.15) is 17.2 Å². The molecule has 23 heavy (non-hydrogen) atoms. The lowest BCUT2D eigenvalue weighted by Crippen LogP contribution is -2.39. The van der Waals surface area contributed by atoms with Crippen molar-refractivity contribution in [2.45, 2.75) is 24.8 Å². The first kappa shape index (κ1) is 17.3. The Hall–Kier alpha value is -2.03. The summed E-state index contributed by atoms with van der Waals surface area (Å²) in [5.41, 5.74) is -1.13. The van der Waals surface area contributed by atoms with Crippen molar-refractivity contribution in [3.63, 3.8) is 0 Å². The highest BCUT2D eigenvalue weighted by atomic mass is 19.4. The summed E-state index contributed by atoms with van der Waals surface area (Å²) in [4.78, 5) is 11.5. The van der Waals surface area contributed by atoms with Crippen molar-refractivity contribution in [2.24, 2.45) is 0 Å². The summed E-state index contributed by atoms with van der Waals surface area (Å²) >= 11 is 0. The van der Waals surface area contributed by atoms with Gasteiger partial charge in [-0.2, -0.15) is 26.3 Å². The average molecular weight is 339 g/mol. The monoisotopic (exact) mass is 339 g/mol. The molecule has 0 spiro atoms. The van der Waals surface area contributed by atoms with Gasteiger partial charge in [0.25, 0.3) is 5.78 Å². The van der Waals surface area contributed by atoms with Crippen LogP contribution in [0.15, 0.2) is 35.6 Å². The molecule has 0 bridgehead atoms. The first-order valence-corrected chi connectivity index (χ1v) is 6.46. The molecule has 1 aromatic carbocycles. The summed E-state index contributed by atoms with van der Waals surface area (Å²) in [5.74, 6) is -5.25. The molecular weight excluding hydrogens is 328 g/mol. The molecule has 1 aliphatic heterocycles. The number of aliphatic hydroxyl groups excluding tert-OH is 1. The van der Waals surface area contributed by atoms with E-state index in [1.807, 2.05) is 0 Å².